The second-order valence-corrected chi connectivity index (χ2v) is 1.69. The molecule has 0 unspecified atom stereocenters. The van der Waals surface area contributed by atoms with Crippen molar-refractivity contribution >= 4 is 11.9 Å². The number of aromatic amines is 1. The largest absolute Gasteiger partial charge is 0.395 e. The molecule has 0 radical (unpaired) electrons. The van der Waals surface area contributed by atoms with Gasteiger partial charge in [-0.15, -0.1) is 5.10 Å². The number of aliphatic hydroxyl groups is 1. The average molecular weight is 143 g/mol. The summed E-state index contributed by atoms with van der Waals surface area (Å²) in [6.45, 7) is 0.478. The molecule has 6 nitrogen and oxygen atoms in total. The van der Waals surface area contributed by atoms with Crippen molar-refractivity contribution in [1.82, 2.24) is 15.2 Å². The molecule has 1 aromatic heterocycles. The van der Waals surface area contributed by atoms with E-state index in [0.717, 1.165) is 0 Å². The van der Waals surface area contributed by atoms with E-state index in [1.54, 1.807) is 0 Å². The van der Waals surface area contributed by atoms with Crippen molar-refractivity contribution < 1.29 is 5.11 Å². The third-order valence-electron chi connectivity index (χ3n) is 0.898. The molecule has 0 saturated heterocycles. The second kappa shape index (κ2) is 3.02. The van der Waals surface area contributed by atoms with Crippen LogP contribution in [0.4, 0.5) is 11.9 Å². The Kier molecular flexibility index (Phi) is 2.06. The average Bonchev–Trinajstić information content (AvgIpc) is 2.31. The Hall–Kier alpha value is -1.30. The van der Waals surface area contributed by atoms with Crippen molar-refractivity contribution in [2.45, 2.75) is 0 Å². The minimum absolute atomic E-state index is 0.0500. The van der Waals surface area contributed by atoms with Crippen LogP contribution in [0.1, 0.15) is 0 Å². The summed E-state index contributed by atoms with van der Waals surface area (Å²) in [4.78, 5) is 3.74. The standard InChI is InChI=1S/C4H9N5O/c5-3-7-4(9-8-3)6-1-2-10/h10H,1-2H2,(H4,5,6,7,8,9). The number of H-pyrrole nitrogens is 1. The van der Waals surface area contributed by atoms with Gasteiger partial charge in [-0.1, -0.05) is 0 Å². The van der Waals surface area contributed by atoms with E-state index in [2.05, 4.69) is 20.5 Å². The summed E-state index contributed by atoms with van der Waals surface area (Å²) < 4.78 is 0. The van der Waals surface area contributed by atoms with E-state index in [0.29, 0.717) is 12.5 Å². The Morgan fingerprint density at radius 3 is 3.00 bits per heavy atom. The lowest BCUT2D eigenvalue weighted by Crippen LogP contribution is -2.06. The third kappa shape index (κ3) is 1.59. The lowest BCUT2D eigenvalue weighted by Gasteiger charge is -1.93. The molecule has 0 fully saturated rings. The highest BCUT2D eigenvalue weighted by Crippen LogP contribution is 1.96. The normalized spacial score (nSPS) is 9.70. The fraction of sp³-hybridized carbons (Fsp3) is 0.500. The van der Waals surface area contributed by atoms with Crippen LogP contribution in [0.15, 0.2) is 0 Å². The van der Waals surface area contributed by atoms with Gasteiger partial charge in [0.05, 0.1) is 6.61 Å². The molecule has 0 aliphatic carbocycles. The summed E-state index contributed by atoms with van der Waals surface area (Å²) in [7, 11) is 0. The predicted octanol–water partition coefficient (Wildman–Crippen LogP) is -1.21. The molecule has 0 aliphatic heterocycles. The molecule has 5 N–H and O–H groups in total. The van der Waals surface area contributed by atoms with Crippen LogP contribution in [-0.2, 0) is 0 Å². The Labute approximate surface area is 57.5 Å². The monoisotopic (exact) mass is 143 g/mol. The number of aliphatic hydroxyl groups excluding tert-OH is 1. The number of nitrogens with two attached hydrogens (primary N) is 1. The van der Waals surface area contributed by atoms with Crippen LogP contribution in [0.5, 0.6) is 0 Å². The van der Waals surface area contributed by atoms with Crippen LogP contribution in [-0.4, -0.2) is 33.4 Å². The second-order valence-electron chi connectivity index (χ2n) is 1.69. The van der Waals surface area contributed by atoms with Crippen molar-refractivity contribution in [3.8, 4) is 0 Å². The number of hydrogen-bond donors (Lipinski definition) is 4. The van der Waals surface area contributed by atoms with Gasteiger partial charge in [-0.25, -0.2) is 5.10 Å². The van der Waals surface area contributed by atoms with Gasteiger partial charge < -0.3 is 16.2 Å². The van der Waals surface area contributed by atoms with Gasteiger partial charge in [0, 0.05) is 6.54 Å². The summed E-state index contributed by atoms with van der Waals surface area (Å²) in [5.74, 6) is 0.673. The molecule has 1 rings (SSSR count). The van der Waals surface area contributed by atoms with E-state index in [-0.39, 0.29) is 12.6 Å². The molecule has 0 bridgehead atoms. The van der Waals surface area contributed by atoms with Crippen LogP contribution in [0.2, 0.25) is 0 Å². The molecular formula is C4H9N5O. The molecule has 0 aliphatic rings. The summed E-state index contributed by atoms with van der Waals surface area (Å²) in [5.41, 5.74) is 5.22. The highest BCUT2D eigenvalue weighted by atomic mass is 16.3. The Balaban J connectivity index is 2.42. The summed E-state index contributed by atoms with van der Waals surface area (Å²) in [6, 6.07) is 0. The quantitative estimate of drug-likeness (QED) is 0.425. The first kappa shape index (κ1) is 6.81. The number of aromatic nitrogens is 3. The number of anilines is 2. The molecule has 56 valence electrons. The SMILES string of the molecule is Nc1nc(NCCO)n[nH]1. The number of nitrogens with one attached hydrogen (secondary N) is 2. The van der Waals surface area contributed by atoms with Crippen molar-refractivity contribution in [3.05, 3.63) is 0 Å². The van der Waals surface area contributed by atoms with Crippen molar-refractivity contribution in [2.75, 3.05) is 24.2 Å². The Morgan fingerprint density at radius 2 is 2.50 bits per heavy atom. The summed E-state index contributed by atoms with van der Waals surface area (Å²) in [5, 5.41) is 17.2. The molecule has 0 amide bonds. The van der Waals surface area contributed by atoms with Gasteiger partial charge in [-0.05, 0) is 0 Å². The van der Waals surface area contributed by atoms with E-state index in [9.17, 15) is 0 Å². The lowest BCUT2D eigenvalue weighted by atomic mass is 10.7. The topological polar surface area (TPSA) is 99.8 Å². The summed E-state index contributed by atoms with van der Waals surface area (Å²) >= 11 is 0. The predicted molar refractivity (Wildman–Crippen MR) is 36.4 cm³/mol. The molecule has 0 atom stereocenters. The van der Waals surface area contributed by atoms with E-state index >= 15 is 0 Å². The maximum absolute atomic E-state index is 8.37. The maximum atomic E-state index is 8.37. The van der Waals surface area contributed by atoms with Crippen molar-refractivity contribution in [3.63, 3.8) is 0 Å². The van der Waals surface area contributed by atoms with E-state index in [4.69, 9.17) is 10.8 Å². The zero-order valence-electron chi connectivity index (χ0n) is 5.33. The Morgan fingerprint density at radius 1 is 1.70 bits per heavy atom. The van der Waals surface area contributed by atoms with Gasteiger partial charge in [-0.3, -0.25) is 0 Å². The maximum Gasteiger partial charge on any atom is 0.243 e. The molecular weight excluding hydrogens is 134 g/mol. The lowest BCUT2D eigenvalue weighted by molar-refractivity contribution is 0.311. The minimum atomic E-state index is 0.0500. The first-order valence-corrected chi connectivity index (χ1v) is 2.85. The van der Waals surface area contributed by atoms with Gasteiger partial charge in [0.1, 0.15) is 0 Å². The number of nitrogens with zero attached hydrogens (tertiary/aromatic N) is 2. The van der Waals surface area contributed by atoms with Gasteiger partial charge in [0.25, 0.3) is 0 Å². The smallest absolute Gasteiger partial charge is 0.243 e. The van der Waals surface area contributed by atoms with Crippen LogP contribution >= 0.6 is 0 Å². The highest BCUT2D eigenvalue weighted by molar-refractivity contribution is 5.29. The molecule has 1 heterocycles. The van der Waals surface area contributed by atoms with Crippen molar-refractivity contribution in [2.24, 2.45) is 0 Å². The van der Waals surface area contributed by atoms with Gasteiger partial charge in [-0.2, -0.15) is 4.98 Å². The van der Waals surface area contributed by atoms with E-state index < -0.39 is 0 Å². The third-order valence-corrected chi connectivity index (χ3v) is 0.898. The zero-order chi connectivity index (χ0) is 7.40. The van der Waals surface area contributed by atoms with Gasteiger partial charge >= 0.3 is 0 Å². The van der Waals surface area contributed by atoms with Gasteiger partial charge in [0.2, 0.25) is 11.9 Å². The zero-order valence-corrected chi connectivity index (χ0v) is 5.33. The van der Waals surface area contributed by atoms with Crippen molar-refractivity contribution in [1.29, 1.82) is 0 Å². The number of hydrogen-bond acceptors (Lipinski definition) is 5. The molecule has 10 heavy (non-hydrogen) atoms. The van der Waals surface area contributed by atoms with Crippen LogP contribution < -0.4 is 11.1 Å². The number of rotatable bonds is 3. The molecule has 1 aromatic rings. The van der Waals surface area contributed by atoms with Gasteiger partial charge in [0.15, 0.2) is 0 Å². The molecule has 6 heteroatoms. The van der Waals surface area contributed by atoms with E-state index in [1.807, 2.05) is 0 Å². The molecule has 0 spiro atoms. The fourth-order valence-corrected chi connectivity index (χ4v) is 0.521. The highest BCUT2D eigenvalue weighted by Gasteiger charge is 1.95. The minimum Gasteiger partial charge on any atom is -0.395 e. The first-order chi connectivity index (χ1) is 4.83. The molecule has 0 aromatic carbocycles. The first-order valence-electron chi connectivity index (χ1n) is 2.85. The van der Waals surface area contributed by atoms with Crippen LogP contribution in [0, 0.1) is 0 Å². The Bertz CT molecular complexity index is 197. The number of nitrogen functional groups attached to an aromatic ring is 1. The fourth-order valence-electron chi connectivity index (χ4n) is 0.521. The van der Waals surface area contributed by atoms with Crippen LogP contribution in [0.3, 0.4) is 0 Å². The van der Waals surface area contributed by atoms with E-state index in [1.165, 1.54) is 0 Å². The van der Waals surface area contributed by atoms with Crippen LogP contribution in [0.25, 0.3) is 0 Å². The summed E-state index contributed by atoms with van der Waals surface area (Å²) in [6.07, 6.45) is 0. The molecule has 0 saturated carbocycles.